The Balaban J connectivity index is 3.31. The van der Waals surface area contributed by atoms with E-state index in [1.807, 2.05) is 0 Å². The standard InChI is InChI=1S/CH2NO2P/c3-1-2-5-4/h5H2. The molecule has 28 valence electrons. The molecular formula is CH2NO2P. The number of carbonyl (C=O) groups excluding carboxylic acids is 1. The molecule has 1 unspecified atom stereocenters. The van der Waals surface area contributed by atoms with Crippen LogP contribution in [0.15, 0.2) is 4.76 Å². The van der Waals surface area contributed by atoms with Gasteiger partial charge in [-0.3, -0.25) is 0 Å². The molecule has 0 rings (SSSR count). The molecule has 3 nitrogen and oxygen atoms in total. The highest BCUT2D eigenvalue weighted by molar-refractivity contribution is 7.22. The highest BCUT2D eigenvalue weighted by Crippen LogP contribution is 1.84. The van der Waals surface area contributed by atoms with Crippen LogP contribution in [0.2, 0.25) is 0 Å². The Bertz CT molecular complexity index is 73.7. The lowest BCUT2D eigenvalue weighted by Crippen LogP contribution is -1.28. The molecule has 0 aromatic carbocycles. The number of rotatable bonds is 1. The first-order valence-electron chi connectivity index (χ1n) is 0.922. The largest absolute Gasteiger partial charge is 0.304 e. The first kappa shape index (κ1) is 4.61. The molecule has 0 radical (unpaired) electrons. The van der Waals surface area contributed by atoms with Gasteiger partial charge in [0.1, 0.15) is 0 Å². The van der Waals surface area contributed by atoms with E-state index >= 15 is 0 Å². The van der Waals surface area contributed by atoms with Crippen LogP contribution in [-0.2, 0) is 9.36 Å². The van der Waals surface area contributed by atoms with Crippen molar-refractivity contribution >= 4 is 14.7 Å². The van der Waals surface area contributed by atoms with Crippen molar-refractivity contribution in [2.45, 2.75) is 0 Å². The monoisotopic (exact) mass is 91.0 g/mol. The number of hydrogen-bond donors (Lipinski definition) is 0. The Hall–Kier alpha value is -0.390. The second-order valence-electron chi connectivity index (χ2n) is 0.326. The lowest BCUT2D eigenvalue weighted by Gasteiger charge is -1.42. The smallest absolute Gasteiger partial charge is 0.241 e. The molecular weight excluding hydrogens is 89.0 g/mol. The lowest BCUT2D eigenvalue weighted by molar-refractivity contribution is 0.565. The second-order valence-corrected chi connectivity index (χ2v) is 0.795. The van der Waals surface area contributed by atoms with Gasteiger partial charge in [0.05, 0.1) is 0 Å². The summed E-state index contributed by atoms with van der Waals surface area (Å²) in [4.78, 5) is 8.93. The molecule has 0 aliphatic rings. The van der Waals surface area contributed by atoms with E-state index in [9.17, 15) is 4.57 Å². The zero-order chi connectivity index (χ0) is 4.12. The van der Waals surface area contributed by atoms with Crippen LogP contribution in [0.1, 0.15) is 0 Å². The van der Waals surface area contributed by atoms with Gasteiger partial charge in [0.25, 0.3) is 0 Å². The van der Waals surface area contributed by atoms with E-state index in [0.29, 0.717) is 0 Å². The zero-order valence-electron chi connectivity index (χ0n) is 2.34. The van der Waals surface area contributed by atoms with Gasteiger partial charge in [-0.25, -0.2) is 4.79 Å². The first-order valence-corrected chi connectivity index (χ1v) is 1.91. The molecule has 0 fully saturated rings. The SMILES string of the molecule is O=C=N[PH2]=O. The average molecular weight is 91.0 g/mol. The Labute approximate surface area is 30.0 Å². The van der Waals surface area contributed by atoms with Crippen molar-refractivity contribution in [3.63, 3.8) is 0 Å². The van der Waals surface area contributed by atoms with Crippen molar-refractivity contribution in [1.29, 1.82) is 0 Å². The van der Waals surface area contributed by atoms with Gasteiger partial charge in [-0.15, -0.1) is 4.76 Å². The molecule has 0 aromatic heterocycles. The molecule has 0 saturated carbocycles. The Morgan fingerprint density at radius 2 is 2.40 bits per heavy atom. The summed E-state index contributed by atoms with van der Waals surface area (Å²) in [5.74, 6) is 0. The predicted octanol–water partition coefficient (Wildman–Crippen LogP) is -0.00650. The molecule has 0 aliphatic heterocycles. The summed E-state index contributed by atoms with van der Waals surface area (Å²) < 4.78 is 11.9. The third kappa shape index (κ3) is 3.61. The summed E-state index contributed by atoms with van der Waals surface area (Å²) in [6.07, 6.45) is 1.12. The Morgan fingerprint density at radius 1 is 1.80 bits per heavy atom. The lowest BCUT2D eigenvalue weighted by atomic mass is 11.7. The summed E-state index contributed by atoms with van der Waals surface area (Å²) in [5, 5.41) is 0. The van der Waals surface area contributed by atoms with Crippen LogP contribution < -0.4 is 0 Å². The van der Waals surface area contributed by atoms with E-state index in [1.165, 1.54) is 0 Å². The van der Waals surface area contributed by atoms with Crippen molar-refractivity contribution in [1.82, 2.24) is 0 Å². The van der Waals surface area contributed by atoms with Gasteiger partial charge in [-0.2, -0.15) is 0 Å². The van der Waals surface area contributed by atoms with Crippen molar-refractivity contribution in [2.75, 3.05) is 0 Å². The first-order chi connectivity index (χ1) is 2.41. The van der Waals surface area contributed by atoms with Crippen molar-refractivity contribution in [3.8, 4) is 0 Å². The third-order valence-corrected chi connectivity index (χ3v) is 0.316. The minimum Gasteiger partial charge on any atom is -0.304 e. The van der Waals surface area contributed by atoms with E-state index in [4.69, 9.17) is 4.79 Å². The van der Waals surface area contributed by atoms with Gasteiger partial charge in [0, 0.05) is 0 Å². The topological polar surface area (TPSA) is 46.5 Å². The molecule has 0 amide bonds. The highest BCUT2D eigenvalue weighted by Gasteiger charge is 1.44. The molecule has 0 aliphatic carbocycles. The van der Waals surface area contributed by atoms with Crippen LogP contribution in [0.3, 0.4) is 0 Å². The summed E-state index contributed by atoms with van der Waals surface area (Å²) >= 11 is 0. The summed E-state index contributed by atoms with van der Waals surface area (Å²) in [6, 6.07) is 0. The van der Waals surface area contributed by atoms with Crippen molar-refractivity contribution < 1.29 is 9.36 Å². The third-order valence-electron chi connectivity index (χ3n) is 0.105. The summed E-state index contributed by atoms with van der Waals surface area (Å²) in [6.45, 7) is 0. The highest BCUT2D eigenvalue weighted by atomic mass is 31.1. The van der Waals surface area contributed by atoms with Gasteiger partial charge in [-0.05, 0) is 0 Å². The Morgan fingerprint density at radius 3 is 2.40 bits per heavy atom. The van der Waals surface area contributed by atoms with Crippen molar-refractivity contribution in [2.24, 2.45) is 4.76 Å². The molecule has 0 saturated heterocycles. The van der Waals surface area contributed by atoms with Crippen LogP contribution in [0.4, 0.5) is 0 Å². The fourth-order valence-corrected chi connectivity index (χ4v) is 0.0645. The van der Waals surface area contributed by atoms with E-state index in [2.05, 4.69) is 4.76 Å². The summed E-state index contributed by atoms with van der Waals surface area (Å²) in [5.41, 5.74) is 0. The second kappa shape index (κ2) is 3.61. The number of hydrogen-bond acceptors (Lipinski definition) is 2. The molecule has 4 heteroatoms. The van der Waals surface area contributed by atoms with E-state index < -0.39 is 8.61 Å². The molecule has 5 heavy (non-hydrogen) atoms. The van der Waals surface area contributed by atoms with Gasteiger partial charge in [0.15, 0.2) is 8.61 Å². The fraction of sp³-hybridized carbons (Fsp3) is 0. The minimum atomic E-state index is -1.26. The van der Waals surface area contributed by atoms with E-state index in [-0.39, 0.29) is 0 Å². The minimum absolute atomic E-state index is 1.12. The van der Waals surface area contributed by atoms with E-state index in [0.717, 1.165) is 6.08 Å². The fourth-order valence-electron chi connectivity index (χ4n) is 0.0215. The number of isocyanates is 1. The quantitative estimate of drug-likeness (QED) is 0.259. The molecule has 1 atom stereocenters. The van der Waals surface area contributed by atoms with Gasteiger partial charge < -0.3 is 4.57 Å². The van der Waals surface area contributed by atoms with Gasteiger partial charge >= 0.3 is 0 Å². The summed E-state index contributed by atoms with van der Waals surface area (Å²) in [7, 11) is -1.26. The molecule has 0 spiro atoms. The van der Waals surface area contributed by atoms with Gasteiger partial charge in [-0.1, -0.05) is 0 Å². The van der Waals surface area contributed by atoms with Crippen LogP contribution in [-0.4, -0.2) is 6.08 Å². The maximum atomic E-state index is 9.18. The molecule has 0 heterocycles. The van der Waals surface area contributed by atoms with Crippen LogP contribution in [0.5, 0.6) is 0 Å². The van der Waals surface area contributed by atoms with E-state index in [1.54, 1.807) is 0 Å². The molecule has 0 N–H and O–H groups in total. The molecule has 0 aromatic rings. The van der Waals surface area contributed by atoms with Crippen LogP contribution in [0.25, 0.3) is 0 Å². The zero-order valence-corrected chi connectivity index (χ0v) is 3.50. The van der Waals surface area contributed by atoms with Crippen molar-refractivity contribution in [3.05, 3.63) is 0 Å². The average Bonchev–Trinajstić information content (AvgIpc) is 1.41. The number of nitrogens with zero attached hydrogens (tertiary/aromatic N) is 1. The molecule has 0 bridgehead atoms. The maximum absolute atomic E-state index is 9.18. The van der Waals surface area contributed by atoms with Crippen LogP contribution in [0, 0.1) is 0 Å². The van der Waals surface area contributed by atoms with Gasteiger partial charge in [0.2, 0.25) is 6.08 Å². The predicted molar refractivity (Wildman–Crippen MR) is 18.5 cm³/mol. The van der Waals surface area contributed by atoms with Crippen LogP contribution >= 0.6 is 8.61 Å². The normalized spacial score (nSPS) is 8.00. The maximum Gasteiger partial charge on any atom is 0.241 e. The Kier molecular flexibility index (Phi) is 3.33.